The normalized spacial score (nSPS) is 14.6. The van der Waals surface area contributed by atoms with E-state index in [2.05, 4.69) is 10.6 Å². The Morgan fingerprint density at radius 1 is 1.33 bits per heavy atom. The van der Waals surface area contributed by atoms with Crippen LogP contribution in [0.5, 0.6) is 0 Å². The number of carboxylic acids is 1. The number of rotatable bonds is 7. The van der Waals surface area contributed by atoms with E-state index in [1.807, 2.05) is 6.92 Å². The molecule has 0 saturated heterocycles. The van der Waals surface area contributed by atoms with E-state index in [1.165, 1.54) is 6.92 Å². The summed E-state index contributed by atoms with van der Waals surface area (Å²) >= 11 is 0. The van der Waals surface area contributed by atoms with Crippen molar-refractivity contribution in [1.29, 1.82) is 0 Å². The molecule has 0 radical (unpaired) electrons. The molecule has 0 bridgehead atoms. The first-order chi connectivity index (χ1) is 8.10. The highest BCUT2D eigenvalue weighted by Crippen LogP contribution is 2.12. The van der Waals surface area contributed by atoms with Gasteiger partial charge in [-0.25, -0.2) is 18.0 Å². The molecule has 1 atom stereocenters. The van der Waals surface area contributed by atoms with Crippen LogP contribution in [0.15, 0.2) is 0 Å². The molecule has 0 aliphatic carbocycles. The van der Waals surface area contributed by atoms with Gasteiger partial charge in [0.25, 0.3) is 0 Å². The van der Waals surface area contributed by atoms with Crippen LogP contribution in [-0.2, 0) is 14.6 Å². The molecule has 0 aromatic heterocycles. The van der Waals surface area contributed by atoms with Crippen molar-refractivity contribution in [2.45, 2.75) is 32.2 Å². The first-order valence-corrected chi connectivity index (χ1v) is 7.64. The number of carbonyl (C=O) groups is 2. The van der Waals surface area contributed by atoms with E-state index in [0.717, 1.165) is 6.26 Å². The zero-order valence-corrected chi connectivity index (χ0v) is 11.6. The van der Waals surface area contributed by atoms with Crippen LogP contribution in [0.1, 0.15) is 26.7 Å². The molecular weight excluding hydrogens is 260 g/mol. The van der Waals surface area contributed by atoms with Crippen LogP contribution < -0.4 is 10.6 Å². The van der Waals surface area contributed by atoms with Crippen LogP contribution in [0.2, 0.25) is 0 Å². The van der Waals surface area contributed by atoms with Crippen molar-refractivity contribution >= 4 is 21.8 Å². The van der Waals surface area contributed by atoms with Gasteiger partial charge in [0.15, 0.2) is 0 Å². The summed E-state index contributed by atoms with van der Waals surface area (Å²) in [5.41, 5.74) is -1.34. The molecule has 0 fully saturated rings. The lowest BCUT2D eigenvalue weighted by atomic mass is 9.97. The number of hydrogen-bond donors (Lipinski definition) is 3. The van der Waals surface area contributed by atoms with Crippen LogP contribution >= 0.6 is 0 Å². The molecule has 0 aromatic rings. The highest BCUT2D eigenvalue weighted by molar-refractivity contribution is 7.90. The van der Waals surface area contributed by atoms with E-state index in [9.17, 15) is 18.0 Å². The number of amides is 2. The van der Waals surface area contributed by atoms with Crippen molar-refractivity contribution in [3.05, 3.63) is 0 Å². The maximum atomic E-state index is 11.4. The van der Waals surface area contributed by atoms with Gasteiger partial charge in [0, 0.05) is 12.8 Å². The predicted molar refractivity (Wildman–Crippen MR) is 67.2 cm³/mol. The smallest absolute Gasteiger partial charge is 0.329 e. The molecule has 0 rings (SSSR count). The molecule has 0 aromatic carbocycles. The fourth-order valence-electron chi connectivity index (χ4n) is 1.37. The average molecular weight is 280 g/mol. The maximum Gasteiger partial charge on any atom is 0.329 e. The van der Waals surface area contributed by atoms with Crippen molar-refractivity contribution in [2.24, 2.45) is 0 Å². The Morgan fingerprint density at radius 2 is 1.89 bits per heavy atom. The molecule has 0 spiro atoms. The largest absolute Gasteiger partial charge is 0.480 e. The molecule has 1 unspecified atom stereocenters. The summed E-state index contributed by atoms with van der Waals surface area (Å²) in [5.74, 6) is -1.31. The maximum absolute atomic E-state index is 11.4. The summed E-state index contributed by atoms with van der Waals surface area (Å²) < 4.78 is 21.7. The fraction of sp³-hybridized carbons (Fsp3) is 0.800. The Kier molecular flexibility index (Phi) is 6.10. The van der Waals surface area contributed by atoms with Crippen molar-refractivity contribution in [3.8, 4) is 0 Å². The zero-order chi connectivity index (χ0) is 14.4. The third-order valence-electron chi connectivity index (χ3n) is 2.37. The van der Waals surface area contributed by atoms with Gasteiger partial charge in [-0.05, 0) is 13.3 Å². The molecule has 18 heavy (non-hydrogen) atoms. The summed E-state index contributed by atoms with van der Waals surface area (Å²) in [6.45, 7) is 3.17. The molecule has 0 aliphatic rings. The summed E-state index contributed by atoms with van der Waals surface area (Å²) in [4.78, 5) is 22.5. The standard InChI is InChI=1S/C10H20N2O5S/c1-4-5-10(2,8(13)14)12-9(15)11-6-7-18(3,16)17/h4-7H2,1-3H3,(H,13,14)(H2,11,12,15). The van der Waals surface area contributed by atoms with Gasteiger partial charge in [0.1, 0.15) is 15.4 Å². The summed E-state index contributed by atoms with van der Waals surface area (Å²) in [7, 11) is -3.15. The van der Waals surface area contributed by atoms with Gasteiger partial charge in [0.2, 0.25) is 0 Å². The van der Waals surface area contributed by atoms with Gasteiger partial charge >= 0.3 is 12.0 Å². The third kappa shape index (κ3) is 6.43. The molecular formula is C10H20N2O5S. The average Bonchev–Trinajstić information content (AvgIpc) is 2.15. The molecule has 3 N–H and O–H groups in total. The van der Waals surface area contributed by atoms with E-state index in [0.29, 0.717) is 12.8 Å². The minimum atomic E-state index is -3.15. The number of hydrogen-bond acceptors (Lipinski definition) is 4. The molecule has 7 nitrogen and oxygen atoms in total. The van der Waals surface area contributed by atoms with Crippen molar-refractivity contribution in [3.63, 3.8) is 0 Å². The second kappa shape index (κ2) is 6.58. The lowest BCUT2D eigenvalue weighted by Gasteiger charge is -2.25. The first-order valence-electron chi connectivity index (χ1n) is 5.58. The lowest BCUT2D eigenvalue weighted by Crippen LogP contribution is -2.55. The fourth-order valence-corrected chi connectivity index (χ4v) is 1.84. The lowest BCUT2D eigenvalue weighted by molar-refractivity contribution is -0.144. The minimum Gasteiger partial charge on any atom is -0.480 e. The van der Waals surface area contributed by atoms with E-state index < -0.39 is 27.4 Å². The molecule has 2 amide bonds. The Balaban J connectivity index is 4.32. The quantitative estimate of drug-likeness (QED) is 0.606. The first kappa shape index (κ1) is 16.7. The number of carbonyl (C=O) groups excluding carboxylic acids is 1. The zero-order valence-electron chi connectivity index (χ0n) is 10.8. The number of aliphatic carboxylic acids is 1. The van der Waals surface area contributed by atoms with Crippen LogP contribution in [0, 0.1) is 0 Å². The van der Waals surface area contributed by atoms with E-state index in [-0.39, 0.29) is 12.3 Å². The van der Waals surface area contributed by atoms with E-state index in [4.69, 9.17) is 5.11 Å². The van der Waals surface area contributed by atoms with Gasteiger partial charge in [-0.15, -0.1) is 0 Å². The third-order valence-corrected chi connectivity index (χ3v) is 3.32. The summed E-state index contributed by atoms with van der Waals surface area (Å²) in [6.07, 6.45) is 1.96. The van der Waals surface area contributed by atoms with Crippen molar-refractivity contribution in [2.75, 3.05) is 18.6 Å². The number of urea groups is 1. The number of sulfone groups is 1. The van der Waals surface area contributed by atoms with Crippen molar-refractivity contribution in [1.82, 2.24) is 10.6 Å². The second-order valence-corrected chi connectivity index (χ2v) is 6.66. The van der Waals surface area contributed by atoms with Crippen LogP contribution in [0.4, 0.5) is 4.79 Å². The highest BCUT2D eigenvalue weighted by atomic mass is 32.2. The molecule has 106 valence electrons. The molecule has 8 heteroatoms. The van der Waals surface area contributed by atoms with Gasteiger partial charge in [-0.2, -0.15) is 0 Å². The van der Waals surface area contributed by atoms with Crippen LogP contribution in [0.3, 0.4) is 0 Å². The Labute approximate surface area is 107 Å². The Morgan fingerprint density at radius 3 is 2.28 bits per heavy atom. The van der Waals surface area contributed by atoms with E-state index in [1.54, 1.807) is 0 Å². The summed E-state index contributed by atoms with van der Waals surface area (Å²) in [6, 6.07) is -0.683. The SMILES string of the molecule is CCCC(C)(NC(=O)NCCS(C)(=O)=O)C(=O)O. The van der Waals surface area contributed by atoms with E-state index >= 15 is 0 Å². The minimum absolute atomic E-state index is 0.0491. The molecule has 0 heterocycles. The Hall–Kier alpha value is -1.31. The van der Waals surface area contributed by atoms with Gasteiger partial charge in [0.05, 0.1) is 5.75 Å². The highest BCUT2D eigenvalue weighted by Gasteiger charge is 2.33. The van der Waals surface area contributed by atoms with Crippen molar-refractivity contribution < 1.29 is 23.1 Å². The molecule has 0 saturated carbocycles. The summed E-state index contributed by atoms with van der Waals surface area (Å²) in [5, 5.41) is 13.7. The molecule has 0 aliphatic heterocycles. The van der Waals surface area contributed by atoms with Gasteiger partial charge in [-0.3, -0.25) is 0 Å². The van der Waals surface area contributed by atoms with Crippen LogP contribution in [0.25, 0.3) is 0 Å². The topological polar surface area (TPSA) is 113 Å². The van der Waals surface area contributed by atoms with Crippen LogP contribution in [-0.4, -0.2) is 49.6 Å². The van der Waals surface area contributed by atoms with Gasteiger partial charge in [-0.1, -0.05) is 13.3 Å². The Bertz CT molecular complexity index is 406. The van der Waals surface area contributed by atoms with Gasteiger partial charge < -0.3 is 15.7 Å². The number of nitrogens with one attached hydrogen (secondary N) is 2. The predicted octanol–water partition coefficient (Wildman–Crippen LogP) is -0.0264. The second-order valence-electron chi connectivity index (χ2n) is 4.40. The number of carboxylic acid groups (broad SMARTS) is 1. The monoisotopic (exact) mass is 280 g/mol.